The first-order valence-electron chi connectivity index (χ1n) is 17.8. The molecule has 49 heavy (non-hydrogen) atoms. The molecule has 12 heteroatoms. The van der Waals surface area contributed by atoms with Gasteiger partial charge in [0.05, 0.1) is 13.2 Å². The van der Waals surface area contributed by atoms with Gasteiger partial charge in [0.15, 0.2) is 6.10 Å². The van der Waals surface area contributed by atoms with Crippen molar-refractivity contribution in [1.82, 2.24) is 0 Å². The van der Waals surface area contributed by atoms with Gasteiger partial charge in [-0.05, 0) is 57.8 Å². The van der Waals surface area contributed by atoms with Crippen molar-refractivity contribution in [1.29, 1.82) is 0 Å². The van der Waals surface area contributed by atoms with Crippen LogP contribution < -0.4 is 5.73 Å². The van der Waals surface area contributed by atoms with Crippen LogP contribution in [0.2, 0.25) is 0 Å². The van der Waals surface area contributed by atoms with E-state index in [1.807, 2.05) is 24.3 Å². The Labute approximate surface area is 294 Å². The highest BCUT2D eigenvalue weighted by Gasteiger charge is 2.28. The average molecular weight is 712 g/mol. The van der Waals surface area contributed by atoms with E-state index in [-0.39, 0.29) is 19.4 Å². The summed E-state index contributed by atoms with van der Waals surface area (Å²) in [5.41, 5.74) is 5.30. The Morgan fingerprint density at radius 3 is 1.82 bits per heavy atom. The molecule has 0 rings (SSSR count). The molecule has 0 saturated heterocycles. The first-order chi connectivity index (χ1) is 23.6. The summed E-state index contributed by atoms with van der Waals surface area (Å²) in [5, 5.41) is 8.84. The molecule has 11 nitrogen and oxygen atoms in total. The minimum atomic E-state index is -4.72. The molecule has 0 aliphatic heterocycles. The van der Waals surface area contributed by atoms with Crippen molar-refractivity contribution in [3.8, 4) is 0 Å². The van der Waals surface area contributed by atoms with Crippen LogP contribution in [0.1, 0.15) is 123 Å². The van der Waals surface area contributed by atoms with E-state index in [1.165, 1.54) is 0 Å². The van der Waals surface area contributed by atoms with Crippen LogP contribution in [-0.2, 0) is 37.5 Å². The number of carboxylic acid groups (broad SMARTS) is 1. The Hall–Kier alpha value is -2.82. The van der Waals surface area contributed by atoms with E-state index in [0.717, 1.165) is 83.5 Å². The van der Waals surface area contributed by atoms with Gasteiger partial charge in [0.25, 0.3) is 0 Å². The lowest BCUT2D eigenvalue weighted by Gasteiger charge is -2.20. The lowest BCUT2D eigenvalue weighted by atomic mass is 10.1. The van der Waals surface area contributed by atoms with Crippen LogP contribution in [0.25, 0.3) is 0 Å². The highest BCUT2D eigenvalue weighted by molar-refractivity contribution is 7.47. The number of rotatable bonds is 32. The maximum Gasteiger partial charge on any atom is 0.472 e. The number of nitrogens with two attached hydrogens (primary N) is 1. The smallest absolute Gasteiger partial charge is 0.472 e. The normalized spacial score (nSPS) is 14.7. The summed E-state index contributed by atoms with van der Waals surface area (Å²) in [6, 6.07) is -1.53. The largest absolute Gasteiger partial charge is 0.480 e. The molecule has 0 radical (unpaired) electrons. The van der Waals surface area contributed by atoms with Crippen molar-refractivity contribution in [2.24, 2.45) is 5.73 Å². The first kappa shape index (κ1) is 46.2. The van der Waals surface area contributed by atoms with E-state index >= 15 is 0 Å². The zero-order valence-electron chi connectivity index (χ0n) is 29.8. The van der Waals surface area contributed by atoms with E-state index in [1.54, 1.807) is 0 Å². The third-order valence-electron chi connectivity index (χ3n) is 7.07. The SMILES string of the molecule is CC/C=C/C=C/C=C/CCCCCCCC(=O)OC(COC(=O)CCCCCCC/C=C/C/C=C/CC)COP(=O)(O)OC[C@H](N)C(=O)O. The van der Waals surface area contributed by atoms with E-state index in [0.29, 0.717) is 12.8 Å². The maximum absolute atomic E-state index is 12.5. The standard InChI is InChI=1S/C37H62NO10P/c1-3-5-7-9-11-13-15-17-19-21-23-25-27-29-36(40)48-33(31-46-49(43,44)47-32-34(38)37(41)42)30-45-35(39)28-26-24-22-20-18-16-14-12-10-8-6-4-2/h5-9,11-15,33-34H,3-4,10,16-32,38H2,1-2H3,(H,41,42)(H,43,44)/b7-5+,8-6+,11-9+,14-12+,15-13+/t33?,34-/m0/s1. The molecule has 0 aromatic heterocycles. The minimum absolute atomic E-state index is 0.132. The van der Waals surface area contributed by atoms with Crippen molar-refractivity contribution < 1.29 is 47.5 Å². The van der Waals surface area contributed by atoms with Crippen LogP contribution in [0, 0.1) is 0 Å². The van der Waals surface area contributed by atoms with Crippen LogP contribution in [0.5, 0.6) is 0 Å². The molecule has 3 atom stereocenters. The van der Waals surface area contributed by atoms with E-state index < -0.39 is 51.1 Å². The molecule has 0 amide bonds. The Kier molecular flexibility index (Phi) is 30.5. The van der Waals surface area contributed by atoms with E-state index in [4.69, 9.17) is 24.8 Å². The fourth-order valence-electron chi connectivity index (χ4n) is 4.28. The first-order valence-corrected chi connectivity index (χ1v) is 19.3. The van der Waals surface area contributed by atoms with Gasteiger partial charge < -0.3 is 25.2 Å². The third kappa shape index (κ3) is 32.2. The molecule has 0 fully saturated rings. The molecule has 0 aliphatic rings. The molecular formula is C37H62NO10P. The van der Waals surface area contributed by atoms with Gasteiger partial charge in [-0.25, -0.2) is 4.57 Å². The second kappa shape index (κ2) is 32.4. The molecule has 4 N–H and O–H groups in total. The second-order valence-electron chi connectivity index (χ2n) is 11.6. The zero-order valence-corrected chi connectivity index (χ0v) is 30.6. The Morgan fingerprint density at radius 2 is 1.18 bits per heavy atom. The zero-order chi connectivity index (χ0) is 36.4. The minimum Gasteiger partial charge on any atom is -0.480 e. The fourth-order valence-corrected chi connectivity index (χ4v) is 5.05. The Bertz CT molecular complexity index is 1070. The van der Waals surface area contributed by atoms with Crippen LogP contribution in [-0.4, -0.2) is 59.9 Å². The van der Waals surface area contributed by atoms with Gasteiger partial charge in [0.2, 0.25) is 0 Å². The quantitative estimate of drug-likeness (QED) is 0.0201. The number of allylic oxidation sites excluding steroid dienone is 10. The molecular weight excluding hydrogens is 649 g/mol. The van der Waals surface area contributed by atoms with Gasteiger partial charge in [0, 0.05) is 12.8 Å². The van der Waals surface area contributed by atoms with E-state index in [9.17, 15) is 23.8 Å². The van der Waals surface area contributed by atoms with Crippen LogP contribution >= 0.6 is 7.82 Å². The van der Waals surface area contributed by atoms with E-state index in [2.05, 4.69) is 54.8 Å². The van der Waals surface area contributed by atoms with Crippen molar-refractivity contribution in [3.05, 3.63) is 60.8 Å². The van der Waals surface area contributed by atoms with Crippen LogP contribution in [0.3, 0.4) is 0 Å². The van der Waals surface area contributed by atoms with Gasteiger partial charge in [-0.3, -0.25) is 23.4 Å². The summed E-state index contributed by atoms with van der Waals surface area (Å²) in [6.45, 7) is 2.48. The van der Waals surface area contributed by atoms with Crippen LogP contribution in [0.4, 0.5) is 0 Å². The number of hydrogen-bond donors (Lipinski definition) is 3. The van der Waals surface area contributed by atoms with Crippen molar-refractivity contribution in [2.45, 2.75) is 135 Å². The summed E-state index contributed by atoms with van der Waals surface area (Å²) < 4.78 is 32.4. The number of carbonyl (C=O) groups is 3. The number of phosphoric ester groups is 1. The van der Waals surface area contributed by atoms with Crippen molar-refractivity contribution >= 4 is 25.7 Å². The monoisotopic (exact) mass is 711 g/mol. The highest BCUT2D eigenvalue weighted by atomic mass is 31.2. The average Bonchev–Trinajstić information content (AvgIpc) is 3.07. The maximum atomic E-state index is 12.5. The molecule has 2 unspecified atom stereocenters. The molecule has 280 valence electrons. The van der Waals surface area contributed by atoms with Crippen molar-refractivity contribution in [2.75, 3.05) is 19.8 Å². The number of phosphoric acid groups is 1. The molecule has 0 spiro atoms. The molecule has 0 aromatic carbocycles. The summed E-state index contributed by atoms with van der Waals surface area (Å²) >= 11 is 0. The van der Waals surface area contributed by atoms with Gasteiger partial charge in [-0.2, -0.15) is 0 Å². The highest BCUT2D eigenvalue weighted by Crippen LogP contribution is 2.43. The summed E-state index contributed by atoms with van der Waals surface area (Å²) in [4.78, 5) is 45.6. The van der Waals surface area contributed by atoms with Gasteiger partial charge in [0.1, 0.15) is 12.6 Å². The second-order valence-corrected chi connectivity index (χ2v) is 13.1. The number of ether oxygens (including phenoxy) is 2. The molecule has 0 aliphatic carbocycles. The number of unbranched alkanes of at least 4 members (excludes halogenated alkanes) is 10. The van der Waals surface area contributed by atoms with Crippen molar-refractivity contribution in [3.63, 3.8) is 0 Å². The van der Waals surface area contributed by atoms with Gasteiger partial charge >= 0.3 is 25.7 Å². The lowest BCUT2D eigenvalue weighted by molar-refractivity contribution is -0.161. The van der Waals surface area contributed by atoms with Gasteiger partial charge in [-0.15, -0.1) is 0 Å². The summed E-state index contributed by atoms with van der Waals surface area (Å²) in [7, 11) is -4.72. The molecule has 0 heterocycles. The van der Waals surface area contributed by atoms with Gasteiger partial charge in [-0.1, -0.05) is 113 Å². The topological polar surface area (TPSA) is 172 Å². The number of esters is 2. The number of hydrogen-bond acceptors (Lipinski definition) is 9. The summed E-state index contributed by atoms with van der Waals surface area (Å²) in [6.07, 6.45) is 34.5. The third-order valence-corrected chi connectivity index (χ3v) is 8.02. The number of carbonyl (C=O) groups excluding carboxylic acids is 2. The molecule has 0 aromatic rings. The predicted molar refractivity (Wildman–Crippen MR) is 194 cm³/mol. The molecule has 0 bridgehead atoms. The van der Waals surface area contributed by atoms with Crippen LogP contribution in [0.15, 0.2) is 60.8 Å². The summed E-state index contributed by atoms with van der Waals surface area (Å²) in [5.74, 6) is -2.44. The fraction of sp³-hybridized carbons (Fsp3) is 0.649. The number of aliphatic carboxylic acids is 1. The Balaban J connectivity index is 4.55. The predicted octanol–water partition coefficient (Wildman–Crippen LogP) is 8.44. The Morgan fingerprint density at radius 1 is 0.653 bits per heavy atom. The lowest BCUT2D eigenvalue weighted by Crippen LogP contribution is -2.34. The number of carboxylic acids is 1. The molecule has 0 saturated carbocycles.